The Morgan fingerprint density at radius 3 is 2.12 bits per heavy atom. The van der Waals surface area contributed by atoms with Crippen LogP contribution in [0.1, 0.15) is 0 Å². The number of rotatable bonds is 4. The van der Waals surface area contributed by atoms with E-state index < -0.39 is 30.0 Å². The lowest BCUT2D eigenvalue weighted by Gasteiger charge is -2.25. The van der Waals surface area contributed by atoms with Gasteiger partial charge in [-0.3, -0.25) is 0 Å². The maximum Gasteiger partial charge on any atom is 0.470 e. The predicted octanol–water partition coefficient (Wildman–Crippen LogP) is 3.70. The molecule has 0 heterocycles. The first-order chi connectivity index (χ1) is 7.67. The second-order valence-electron chi connectivity index (χ2n) is 3.00. The normalized spacial score (nSPS) is 12.9. The summed E-state index contributed by atoms with van der Waals surface area (Å²) in [5, 5.41) is 0. The molecule has 0 unspecified atom stereocenters. The van der Waals surface area contributed by atoms with Gasteiger partial charge >= 0.3 is 18.5 Å². The number of ether oxygens (including phenoxy) is 1. The Morgan fingerprint density at radius 2 is 1.65 bits per heavy atom. The molecular formula is C9H5F7O. The molecule has 0 atom stereocenters. The largest absolute Gasteiger partial charge is 0.470 e. The van der Waals surface area contributed by atoms with Gasteiger partial charge in [-0.2, -0.15) is 17.6 Å². The smallest absolute Gasteiger partial charge is 0.428 e. The summed E-state index contributed by atoms with van der Waals surface area (Å²) in [5.74, 6) is -7.67. The number of benzene rings is 1. The van der Waals surface area contributed by atoms with Gasteiger partial charge in [-0.05, 0) is 12.1 Å². The molecule has 17 heavy (non-hydrogen) atoms. The molecule has 0 aliphatic heterocycles. The zero-order chi connectivity index (χ0) is 13.3. The van der Waals surface area contributed by atoms with Crippen molar-refractivity contribution in [2.45, 2.75) is 18.5 Å². The van der Waals surface area contributed by atoms with E-state index in [-0.39, 0.29) is 0 Å². The fourth-order valence-corrected chi connectivity index (χ4v) is 0.874. The highest BCUT2D eigenvalue weighted by Crippen LogP contribution is 2.40. The Kier molecular flexibility index (Phi) is 3.53. The van der Waals surface area contributed by atoms with E-state index in [1.165, 1.54) is 0 Å². The standard InChI is InChI=1S/C9H5F7O/c10-5-2-1-3-6(4-5)17-9(15,16)8(13,14)7(11)12/h1-4,7H. The third-order valence-corrected chi connectivity index (χ3v) is 1.70. The molecule has 0 radical (unpaired) electrons. The maximum absolute atomic E-state index is 12.7. The molecule has 8 heteroatoms. The SMILES string of the molecule is Fc1cccc(OC(F)(F)C(F)(F)C(F)F)c1. The Balaban J connectivity index is 2.93. The van der Waals surface area contributed by atoms with Gasteiger partial charge < -0.3 is 4.74 Å². The van der Waals surface area contributed by atoms with Crippen LogP contribution >= 0.6 is 0 Å². The summed E-state index contributed by atoms with van der Waals surface area (Å²) in [4.78, 5) is 0. The minimum Gasteiger partial charge on any atom is -0.428 e. The second-order valence-corrected chi connectivity index (χ2v) is 3.00. The van der Waals surface area contributed by atoms with Crippen molar-refractivity contribution in [3.63, 3.8) is 0 Å². The zero-order valence-corrected chi connectivity index (χ0v) is 7.94. The first-order valence-corrected chi connectivity index (χ1v) is 4.15. The van der Waals surface area contributed by atoms with E-state index in [0.29, 0.717) is 6.07 Å². The van der Waals surface area contributed by atoms with Gasteiger partial charge in [-0.25, -0.2) is 13.2 Å². The van der Waals surface area contributed by atoms with Crippen molar-refractivity contribution < 1.29 is 35.5 Å². The Morgan fingerprint density at radius 1 is 1.06 bits per heavy atom. The molecule has 96 valence electrons. The van der Waals surface area contributed by atoms with Gasteiger partial charge in [-0.15, -0.1) is 0 Å². The summed E-state index contributed by atoms with van der Waals surface area (Å²) in [6.45, 7) is 0. The van der Waals surface area contributed by atoms with Gasteiger partial charge in [0.05, 0.1) is 0 Å². The summed E-state index contributed by atoms with van der Waals surface area (Å²) >= 11 is 0. The molecule has 1 rings (SSSR count). The van der Waals surface area contributed by atoms with Crippen LogP contribution in [-0.2, 0) is 0 Å². The zero-order valence-electron chi connectivity index (χ0n) is 7.94. The van der Waals surface area contributed by atoms with E-state index in [9.17, 15) is 30.7 Å². The molecule has 0 aliphatic carbocycles. The van der Waals surface area contributed by atoms with Crippen LogP contribution in [0.3, 0.4) is 0 Å². The highest BCUT2D eigenvalue weighted by atomic mass is 19.3. The maximum atomic E-state index is 12.7. The summed E-state index contributed by atoms with van der Waals surface area (Å²) in [7, 11) is 0. The molecule has 0 bridgehead atoms. The topological polar surface area (TPSA) is 9.23 Å². The van der Waals surface area contributed by atoms with Crippen molar-refractivity contribution in [3.05, 3.63) is 30.1 Å². The summed E-state index contributed by atoms with van der Waals surface area (Å²) in [6, 6.07) is 2.85. The summed E-state index contributed by atoms with van der Waals surface area (Å²) in [6.07, 6.45) is -10.0. The van der Waals surface area contributed by atoms with Crippen LogP contribution in [0.2, 0.25) is 0 Å². The van der Waals surface area contributed by atoms with Crippen LogP contribution in [0, 0.1) is 5.82 Å². The van der Waals surface area contributed by atoms with Crippen LogP contribution in [0.25, 0.3) is 0 Å². The quantitative estimate of drug-likeness (QED) is 0.752. The monoisotopic (exact) mass is 262 g/mol. The van der Waals surface area contributed by atoms with E-state index in [1.807, 2.05) is 0 Å². The van der Waals surface area contributed by atoms with Gasteiger partial charge in [0.15, 0.2) is 0 Å². The van der Waals surface area contributed by atoms with Crippen molar-refractivity contribution in [1.29, 1.82) is 0 Å². The summed E-state index contributed by atoms with van der Waals surface area (Å²) < 4.78 is 89.5. The minimum atomic E-state index is -5.67. The van der Waals surface area contributed by atoms with Gasteiger partial charge in [0.1, 0.15) is 11.6 Å². The van der Waals surface area contributed by atoms with E-state index in [2.05, 4.69) is 4.74 Å². The molecule has 0 saturated carbocycles. The third kappa shape index (κ3) is 2.80. The van der Waals surface area contributed by atoms with Gasteiger partial charge in [0.2, 0.25) is 0 Å². The number of halogens is 7. The summed E-state index contributed by atoms with van der Waals surface area (Å²) in [5.41, 5.74) is 0. The van der Waals surface area contributed by atoms with E-state index in [1.54, 1.807) is 0 Å². The fourth-order valence-electron chi connectivity index (χ4n) is 0.874. The average molecular weight is 262 g/mol. The van der Waals surface area contributed by atoms with Crippen LogP contribution < -0.4 is 4.74 Å². The molecule has 0 aromatic heterocycles. The first kappa shape index (κ1) is 13.6. The van der Waals surface area contributed by atoms with E-state index in [0.717, 1.165) is 18.2 Å². The van der Waals surface area contributed by atoms with Gasteiger partial charge in [-0.1, -0.05) is 6.07 Å². The third-order valence-electron chi connectivity index (χ3n) is 1.70. The first-order valence-electron chi connectivity index (χ1n) is 4.15. The van der Waals surface area contributed by atoms with Gasteiger partial charge in [0.25, 0.3) is 0 Å². The predicted molar refractivity (Wildman–Crippen MR) is 42.9 cm³/mol. The van der Waals surface area contributed by atoms with Crippen LogP contribution in [0.15, 0.2) is 24.3 Å². The van der Waals surface area contributed by atoms with Crippen molar-refractivity contribution in [1.82, 2.24) is 0 Å². The molecular weight excluding hydrogens is 257 g/mol. The molecule has 0 N–H and O–H groups in total. The highest BCUT2D eigenvalue weighted by molar-refractivity contribution is 5.23. The number of hydrogen-bond donors (Lipinski definition) is 0. The van der Waals surface area contributed by atoms with Crippen molar-refractivity contribution >= 4 is 0 Å². The highest BCUT2D eigenvalue weighted by Gasteiger charge is 2.66. The molecule has 0 fully saturated rings. The van der Waals surface area contributed by atoms with Crippen molar-refractivity contribution in [3.8, 4) is 5.75 Å². The number of hydrogen-bond acceptors (Lipinski definition) is 1. The molecule has 0 saturated heterocycles. The Hall–Kier alpha value is -1.47. The Bertz CT molecular complexity index is 391. The molecule has 0 spiro atoms. The average Bonchev–Trinajstić information content (AvgIpc) is 2.16. The number of alkyl halides is 6. The van der Waals surface area contributed by atoms with Crippen molar-refractivity contribution in [2.24, 2.45) is 0 Å². The molecule has 0 amide bonds. The van der Waals surface area contributed by atoms with Crippen LogP contribution in [0.4, 0.5) is 30.7 Å². The molecule has 1 aromatic carbocycles. The van der Waals surface area contributed by atoms with Crippen LogP contribution in [0.5, 0.6) is 5.75 Å². The van der Waals surface area contributed by atoms with Crippen molar-refractivity contribution in [2.75, 3.05) is 0 Å². The van der Waals surface area contributed by atoms with E-state index >= 15 is 0 Å². The second kappa shape index (κ2) is 4.42. The minimum absolute atomic E-state index is 0.370. The molecule has 1 nitrogen and oxygen atoms in total. The van der Waals surface area contributed by atoms with Gasteiger partial charge in [0, 0.05) is 6.07 Å². The lowest BCUT2D eigenvalue weighted by Crippen LogP contribution is -2.50. The van der Waals surface area contributed by atoms with Crippen LogP contribution in [-0.4, -0.2) is 18.5 Å². The lowest BCUT2D eigenvalue weighted by molar-refractivity contribution is -0.342. The lowest BCUT2D eigenvalue weighted by atomic mass is 10.3. The fraction of sp³-hybridized carbons (Fsp3) is 0.333. The molecule has 1 aromatic rings. The Labute approximate surface area is 90.8 Å². The molecule has 0 aliphatic rings. The van der Waals surface area contributed by atoms with E-state index in [4.69, 9.17) is 0 Å².